The van der Waals surface area contributed by atoms with Gasteiger partial charge >= 0.3 is 5.97 Å². The second-order valence-electron chi connectivity index (χ2n) is 5.65. The number of hydrogen-bond donors (Lipinski definition) is 2. The van der Waals surface area contributed by atoms with Gasteiger partial charge < -0.3 is 15.4 Å². The predicted molar refractivity (Wildman–Crippen MR) is 94.1 cm³/mol. The molecule has 0 aliphatic heterocycles. The molecule has 2 aromatic rings. The quantitative estimate of drug-likeness (QED) is 0.777. The molecule has 0 bridgehead atoms. The minimum atomic E-state index is -1.14. The van der Waals surface area contributed by atoms with Gasteiger partial charge in [0.15, 0.2) is 6.10 Å². The topological polar surface area (TPSA) is 84.5 Å². The fourth-order valence-corrected chi connectivity index (χ4v) is 2.13. The molecule has 0 spiro atoms. The Labute approximate surface area is 150 Å². The molecule has 0 unspecified atom stereocenters. The summed E-state index contributed by atoms with van der Waals surface area (Å²) < 4.78 is 18.5. The fourth-order valence-electron chi connectivity index (χ4n) is 2.13. The number of amides is 2. The number of carbonyl (C=O) groups is 3. The van der Waals surface area contributed by atoms with Crippen molar-refractivity contribution in [1.82, 2.24) is 5.32 Å². The van der Waals surface area contributed by atoms with Crippen LogP contribution in [0.2, 0.25) is 0 Å². The zero-order valence-electron chi connectivity index (χ0n) is 14.4. The number of para-hydroxylation sites is 1. The summed E-state index contributed by atoms with van der Waals surface area (Å²) >= 11 is 0. The summed E-state index contributed by atoms with van der Waals surface area (Å²) in [6, 6.07) is 12.5. The Balaban J connectivity index is 1.82. The number of nitrogens with one attached hydrogen (secondary N) is 2. The molecule has 0 aromatic heterocycles. The van der Waals surface area contributed by atoms with Crippen molar-refractivity contribution in [2.45, 2.75) is 20.0 Å². The van der Waals surface area contributed by atoms with Crippen LogP contribution in [0.3, 0.4) is 0 Å². The number of aryl methyl sites for hydroxylation is 1. The van der Waals surface area contributed by atoms with Crippen LogP contribution in [-0.4, -0.2) is 30.4 Å². The van der Waals surface area contributed by atoms with Gasteiger partial charge in [0.25, 0.3) is 11.8 Å². The molecular weight excluding hydrogens is 339 g/mol. The Bertz CT molecular complexity index is 823. The molecule has 1 atom stereocenters. The van der Waals surface area contributed by atoms with Gasteiger partial charge in [-0.2, -0.15) is 0 Å². The molecule has 0 saturated carbocycles. The molecule has 0 aliphatic rings. The smallest absolute Gasteiger partial charge is 0.326 e. The Hall–Kier alpha value is -3.22. The maximum Gasteiger partial charge on any atom is 0.326 e. The van der Waals surface area contributed by atoms with Crippen molar-refractivity contribution >= 4 is 23.5 Å². The molecule has 2 N–H and O–H groups in total. The summed E-state index contributed by atoms with van der Waals surface area (Å²) in [7, 11) is 0. The van der Waals surface area contributed by atoms with Crippen molar-refractivity contribution in [2.24, 2.45) is 0 Å². The number of esters is 1. The fraction of sp³-hybridized carbons (Fsp3) is 0.211. The predicted octanol–water partition coefficient (Wildman–Crippen LogP) is 2.43. The highest BCUT2D eigenvalue weighted by Crippen LogP contribution is 2.13. The summed E-state index contributed by atoms with van der Waals surface area (Å²) in [5.41, 5.74) is 1.33. The minimum absolute atomic E-state index is 0.00634. The third-order valence-electron chi connectivity index (χ3n) is 3.48. The standard InChI is InChI=1S/C19H19FN2O4/c1-12-6-5-7-14(10-12)19(25)21-11-17(23)26-13(2)18(24)22-16-9-4-3-8-15(16)20/h3-10,13H,11H2,1-2H3,(H,21,25)(H,22,24)/t13-/m1/s1. The summed E-state index contributed by atoms with van der Waals surface area (Å²) in [6.07, 6.45) is -1.14. The van der Waals surface area contributed by atoms with Crippen LogP contribution in [0.1, 0.15) is 22.8 Å². The van der Waals surface area contributed by atoms with Crippen molar-refractivity contribution in [2.75, 3.05) is 11.9 Å². The van der Waals surface area contributed by atoms with Crippen LogP contribution in [0, 0.1) is 12.7 Å². The van der Waals surface area contributed by atoms with Crippen molar-refractivity contribution in [3.05, 3.63) is 65.5 Å². The lowest BCUT2D eigenvalue weighted by molar-refractivity contribution is -0.152. The number of halogens is 1. The first-order valence-corrected chi connectivity index (χ1v) is 7.96. The van der Waals surface area contributed by atoms with Crippen molar-refractivity contribution in [1.29, 1.82) is 0 Å². The average Bonchev–Trinajstić information content (AvgIpc) is 2.61. The molecule has 2 amide bonds. The minimum Gasteiger partial charge on any atom is -0.451 e. The SMILES string of the molecule is Cc1cccc(C(=O)NCC(=O)O[C@H](C)C(=O)Nc2ccccc2F)c1. The molecule has 0 radical (unpaired) electrons. The summed E-state index contributed by atoms with van der Waals surface area (Å²) in [6.45, 7) is 2.82. The molecule has 6 nitrogen and oxygen atoms in total. The van der Waals surface area contributed by atoms with E-state index in [2.05, 4.69) is 10.6 Å². The van der Waals surface area contributed by atoms with E-state index in [4.69, 9.17) is 4.74 Å². The van der Waals surface area contributed by atoms with Crippen LogP contribution in [-0.2, 0) is 14.3 Å². The Morgan fingerprint density at radius 3 is 2.54 bits per heavy atom. The van der Waals surface area contributed by atoms with Crippen LogP contribution in [0.5, 0.6) is 0 Å². The Morgan fingerprint density at radius 1 is 1.12 bits per heavy atom. The molecular formula is C19H19FN2O4. The lowest BCUT2D eigenvalue weighted by atomic mass is 10.1. The van der Waals surface area contributed by atoms with Gasteiger partial charge in [0, 0.05) is 5.56 Å². The van der Waals surface area contributed by atoms with E-state index in [0.717, 1.165) is 5.56 Å². The maximum atomic E-state index is 13.5. The number of ether oxygens (including phenoxy) is 1. The first-order valence-electron chi connectivity index (χ1n) is 7.96. The Kier molecular flexibility index (Phi) is 6.43. The molecule has 2 rings (SSSR count). The average molecular weight is 358 g/mol. The van der Waals surface area contributed by atoms with Crippen LogP contribution < -0.4 is 10.6 Å². The maximum absolute atomic E-state index is 13.5. The Morgan fingerprint density at radius 2 is 1.85 bits per heavy atom. The highest BCUT2D eigenvalue weighted by molar-refractivity contribution is 5.97. The summed E-state index contributed by atoms with van der Waals surface area (Å²) in [5.74, 6) is -2.46. The van der Waals surface area contributed by atoms with E-state index in [0.29, 0.717) is 5.56 Å². The molecule has 0 saturated heterocycles. The molecule has 2 aromatic carbocycles. The summed E-state index contributed by atoms with van der Waals surface area (Å²) in [4.78, 5) is 35.7. The third kappa shape index (κ3) is 5.41. The number of benzene rings is 2. The van der Waals surface area contributed by atoms with Gasteiger partial charge in [0.2, 0.25) is 0 Å². The zero-order chi connectivity index (χ0) is 19.1. The van der Waals surface area contributed by atoms with Crippen molar-refractivity contribution < 1.29 is 23.5 Å². The molecule has 0 aliphatic carbocycles. The highest BCUT2D eigenvalue weighted by Gasteiger charge is 2.19. The highest BCUT2D eigenvalue weighted by atomic mass is 19.1. The third-order valence-corrected chi connectivity index (χ3v) is 3.48. The molecule has 0 fully saturated rings. The van der Waals surface area contributed by atoms with Crippen LogP contribution >= 0.6 is 0 Å². The molecule has 7 heteroatoms. The van der Waals surface area contributed by atoms with Crippen LogP contribution in [0.4, 0.5) is 10.1 Å². The molecule has 136 valence electrons. The number of anilines is 1. The van der Waals surface area contributed by atoms with Crippen LogP contribution in [0.25, 0.3) is 0 Å². The van der Waals surface area contributed by atoms with Gasteiger partial charge in [0.05, 0.1) is 5.69 Å². The summed E-state index contributed by atoms with van der Waals surface area (Å²) in [5, 5.41) is 4.76. The van der Waals surface area contributed by atoms with Gasteiger partial charge in [-0.15, -0.1) is 0 Å². The van der Waals surface area contributed by atoms with E-state index in [1.807, 2.05) is 13.0 Å². The number of rotatable bonds is 6. The lowest BCUT2D eigenvalue weighted by Gasteiger charge is -2.14. The normalized spacial score (nSPS) is 11.3. The number of hydrogen-bond acceptors (Lipinski definition) is 4. The van der Waals surface area contributed by atoms with E-state index in [9.17, 15) is 18.8 Å². The van der Waals surface area contributed by atoms with Crippen LogP contribution in [0.15, 0.2) is 48.5 Å². The van der Waals surface area contributed by atoms with Gasteiger partial charge in [0.1, 0.15) is 12.4 Å². The molecule has 26 heavy (non-hydrogen) atoms. The first kappa shape index (κ1) is 19.1. The van der Waals surface area contributed by atoms with Gasteiger partial charge in [-0.25, -0.2) is 4.39 Å². The van der Waals surface area contributed by atoms with Gasteiger partial charge in [-0.05, 0) is 38.1 Å². The largest absolute Gasteiger partial charge is 0.451 e. The van der Waals surface area contributed by atoms with Crippen molar-refractivity contribution in [3.8, 4) is 0 Å². The second kappa shape index (κ2) is 8.75. The monoisotopic (exact) mass is 358 g/mol. The van der Waals surface area contributed by atoms with E-state index in [1.54, 1.807) is 24.3 Å². The van der Waals surface area contributed by atoms with Gasteiger partial charge in [-0.3, -0.25) is 14.4 Å². The molecule has 0 heterocycles. The van der Waals surface area contributed by atoms with Gasteiger partial charge in [-0.1, -0.05) is 29.8 Å². The zero-order valence-corrected chi connectivity index (χ0v) is 14.4. The van der Waals surface area contributed by atoms with E-state index < -0.39 is 29.7 Å². The van der Waals surface area contributed by atoms with E-state index in [1.165, 1.54) is 25.1 Å². The lowest BCUT2D eigenvalue weighted by Crippen LogP contribution is -2.36. The van der Waals surface area contributed by atoms with E-state index >= 15 is 0 Å². The first-order chi connectivity index (χ1) is 12.4. The van der Waals surface area contributed by atoms with Crippen molar-refractivity contribution in [3.63, 3.8) is 0 Å². The van der Waals surface area contributed by atoms with E-state index in [-0.39, 0.29) is 12.2 Å². The number of carbonyl (C=O) groups excluding carboxylic acids is 3. The second-order valence-corrected chi connectivity index (χ2v) is 5.65.